The highest BCUT2D eigenvalue weighted by molar-refractivity contribution is 5.81. The minimum Gasteiger partial charge on any atom is -0.347 e. The summed E-state index contributed by atoms with van der Waals surface area (Å²) in [7, 11) is 3.60. The molecule has 0 radical (unpaired) electrons. The molecule has 0 spiro atoms. The predicted molar refractivity (Wildman–Crippen MR) is 76.7 cm³/mol. The van der Waals surface area contributed by atoms with Crippen LogP contribution in [0, 0.1) is 5.92 Å². The Labute approximate surface area is 116 Å². The number of imidazole rings is 1. The van der Waals surface area contributed by atoms with Crippen molar-refractivity contribution in [2.45, 2.75) is 46.3 Å². The molecule has 1 heterocycles. The lowest BCUT2D eigenvalue weighted by Crippen LogP contribution is -2.44. The Balaban J connectivity index is 2.65. The molecule has 108 valence electrons. The number of nitrogens with zero attached hydrogens (tertiary/aromatic N) is 3. The lowest BCUT2D eigenvalue weighted by Gasteiger charge is -2.23. The number of carbonyl (C=O) groups is 1. The van der Waals surface area contributed by atoms with Crippen LogP contribution >= 0.6 is 0 Å². The number of likely N-dealkylation sites (N-methyl/N-ethyl adjacent to an activating group) is 1. The Morgan fingerprint density at radius 3 is 2.68 bits per heavy atom. The normalized spacial score (nSPS) is 12.7. The van der Waals surface area contributed by atoms with Crippen molar-refractivity contribution in [3.63, 3.8) is 0 Å². The number of hydrogen-bond donors (Lipinski definition) is 1. The van der Waals surface area contributed by atoms with Crippen molar-refractivity contribution < 1.29 is 4.79 Å². The Kier molecular flexibility index (Phi) is 6.02. The number of amides is 1. The fraction of sp³-hybridized carbons (Fsp3) is 0.714. The fourth-order valence-electron chi connectivity index (χ4n) is 2.06. The zero-order valence-electron chi connectivity index (χ0n) is 12.7. The van der Waals surface area contributed by atoms with Crippen molar-refractivity contribution in [3.8, 4) is 0 Å². The standard InChI is InChI=1S/C14H26N4O/c1-6-18-10-15-8-12(18)9-16-13(7-11(2)3)14(19)17(4)5/h8,10-11,13,16H,6-7,9H2,1-5H3. The molecule has 5 heteroatoms. The van der Waals surface area contributed by atoms with Crippen LogP contribution in [0.3, 0.4) is 0 Å². The molecule has 0 bridgehead atoms. The summed E-state index contributed by atoms with van der Waals surface area (Å²) in [6, 6.07) is -0.129. The molecule has 0 saturated carbocycles. The van der Waals surface area contributed by atoms with E-state index in [1.54, 1.807) is 19.0 Å². The molecular formula is C14H26N4O. The van der Waals surface area contributed by atoms with Gasteiger partial charge in [0.25, 0.3) is 0 Å². The Morgan fingerprint density at radius 2 is 2.16 bits per heavy atom. The highest BCUT2D eigenvalue weighted by Gasteiger charge is 2.21. The average molecular weight is 266 g/mol. The van der Waals surface area contributed by atoms with Crippen LogP contribution < -0.4 is 5.32 Å². The van der Waals surface area contributed by atoms with Gasteiger partial charge in [0.1, 0.15) is 0 Å². The number of hydrogen-bond acceptors (Lipinski definition) is 3. The summed E-state index contributed by atoms with van der Waals surface area (Å²) < 4.78 is 2.08. The zero-order valence-corrected chi connectivity index (χ0v) is 12.7. The third-order valence-electron chi connectivity index (χ3n) is 3.11. The summed E-state index contributed by atoms with van der Waals surface area (Å²) in [6.07, 6.45) is 4.52. The lowest BCUT2D eigenvalue weighted by atomic mass is 10.0. The first-order valence-corrected chi connectivity index (χ1v) is 6.89. The van der Waals surface area contributed by atoms with Gasteiger partial charge in [-0.15, -0.1) is 0 Å². The molecule has 0 aliphatic carbocycles. The van der Waals surface area contributed by atoms with Crippen LogP contribution in [-0.4, -0.2) is 40.5 Å². The smallest absolute Gasteiger partial charge is 0.239 e. The first-order chi connectivity index (χ1) is 8.95. The van der Waals surface area contributed by atoms with Gasteiger partial charge >= 0.3 is 0 Å². The van der Waals surface area contributed by atoms with Gasteiger partial charge in [-0.1, -0.05) is 13.8 Å². The van der Waals surface area contributed by atoms with Crippen LogP contribution in [0.4, 0.5) is 0 Å². The molecule has 0 fully saturated rings. The van der Waals surface area contributed by atoms with Crippen LogP contribution in [0.1, 0.15) is 32.9 Å². The monoisotopic (exact) mass is 266 g/mol. The summed E-state index contributed by atoms with van der Waals surface area (Å²) in [5.74, 6) is 0.619. The summed E-state index contributed by atoms with van der Waals surface area (Å²) in [5.41, 5.74) is 1.11. The molecular weight excluding hydrogens is 240 g/mol. The van der Waals surface area contributed by atoms with E-state index < -0.39 is 0 Å². The third-order valence-corrected chi connectivity index (χ3v) is 3.11. The Morgan fingerprint density at radius 1 is 1.47 bits per heavy atom. The first-order valence-electron chi connectivity index (χ1n) is 6.89. The van der Waals surface area contributed by atoms with Crippen molar-refractivity contribution in [3.05, 3.63) is 18.2 Å². The van der Waals surface area contributed by atoms with Gasteiger partial charge in [-0.2, -0.15) is 0 Å². The number of nitrogens with one attached hydrogen (secondary N) is 1. The molecule has 0 aliphatic rings. The summed E-state index contributed by atoms with van der Waals surface area (Å²) >= 11 is 0. The van der Waals surface area contributed by atoms with Crippen molar-refractivity contribution in [2.24, 2.45) is 5.92 Å². The van der Waals surface area contributed by atoms with Crippen LogP contribution in [0.15, 0.2) is 12.5 Å². The van der Waals surface area contributed by atoms with E-state index in [1.165, 1.54) is 0 Å². The minimum atomic E-state index is -0.129. The molecule has 1 aromatic heterocycles. The Bertz CT molecular complexity index is 398. The minimum absolute atomic E-state index is 0.129. The van der Waals surface area contributed by atoms with Crippen molar-refractivity contribution >= 4 is 5.91 Å². The van der Waals surface area contributed by atoms with E-state index in [9.17, 15) is 4.79 Å². The molecule has 0 saturated heterocycles. The lowest BCUT2D eigenvalue weighted by molar-refractivity contribution is -0.131. The number of rotatable bonds is 7. The zero-order chi connectivity index (χ0) is 14.4. The second kappa shape index (κ2) is 7.28. The van der Waals surface area contributed by atoms with Crippen LogP contribution in [0.2, 0.25) is 0 Å². The highest BCUT2D eigenvalue weighted by Crippen LogP contribution is 2.08. The van der Waals surface area contributed by atoms with Crippen molar-refractivity contribution in [1.82, 2.24) is 19.8 Å². The van der Waals surface area contributed by atoms with Gasteiger partial charge < -0.3 is 14.8 Å². The van der Waals surface area contributed by atoms with E-state index in [1.807, 2.05) is 12.5 Å². The van der Waals surface area contributed by atoms with Crippen molar-refractivity contribution in [2.75, 3.05) is 14.1 Å². The maximum atomic E-state index is 12.1. The van der Waals surface area contributed by atoms with Gasteiger partial charge in [-0.25, -0.2) is 4.98 Å². The Hall–Kier alpha value is -1.36. The first kappa shape index (κ1) is 15.7. The van der Waals surface area contributed by atoms with Gasteiger partial charge in [0, 0.05) is 33.4 Å². The molecule has 5 nitrogen and oxygen atoms in total. The third kappa shape index (κ3) is 4.67. The maximum absolute atomic E-state index is 12.1. The maximum Gasteiger partial charge on any atom is 0.239 e. The number of aromatic nitrogens is 2. The van der Waals surface area contributed by atoms with Gasteiger partial charge in [-0.05, 0) is 19.3 Å². The van der Waals surface area contributed by atoms with E-state index in [2.05, 4.69) is 35.6 Å². The molecule has 19 heavy (non-hydrogen) atoms. The van der Waals surface area contributed by atoms with E-state index >= 15 is 0 Å². The van der Waals surface area contributed by atoms with Crippen molar-refractivity contribution in [1.29, 1.82) is 0 Å². The summed E-state index contributed by atoms with van der Waals surface area (Å²) in [4.78, 5) is 17.9. The number of carbonyl (C=O) groups excluding carboxylic acids is 1. The second-order valence-electron chi connectivity index (χ2n) is 5.47. The van der Waals surface area contributed by atoms with E-state index in [0.29, 0.717) is 12.5 Å². The van der Waals surface area contributed by atoms with Gasteiger partial charge in [0.05, 0.1) is 18.1 Å². The summed E-state index contributed by atoms with van der Waals surface area (Å²) in [5, 5.41) is 3.36. The molecule has 0 aromatic carbocycles. The van der Waals surface area contributed by atoms with Crippen LogP contribution in [0.25, 0.3) is 0 Å². The molecule has 1 aromatic rings. The second-order valence-corrected chi connectivity index (χ2v) is 5.47. The summed E-state index contributed by atoms with van der Waals surface area (Å²) in [6.45, 7) is 7.92. The largest absolute Gasteiger partial charge is 0.347 e. The average Bonchev–Trinajstić information content (AvgIpc) is 2.80. The highest BCUT2D eigenvalue weighted by atomic mass is 16.2. The topological polar surface area (TPSA) is 50.2 Å². The van der Waals surface area contributed by atoms with Crippen LogP contribution in [0.5, 0.6) is 0 Å². The number of aryl methyl sites for hydroxylation is 1. The van der Waals surface area contributed by atoms with Gasteiger partial charge in [0.15, 0.2) is 0 Å². The van der Waals surface area contributed by atoms with Crippen LogP contribution in [-0.2, 0) is 17.9 Å². The predicted octanol–water partition coefficient (Wildman–Crippen LogP) is 1.50. The fourth-order valence-corrected chi connectivity index (χ4v) is 2.06. The molecule has 0 aliphatic heterocycles. The van der Waals surface area contributed by atoms with Gasteiger partial charge in [-0.3, -0.25) is 4.79 Å². The molecule has 1 amide bonds. The van der Waals surface area contributed by atoms with Gasteiger partial charge in [0.2, 0.25) is 5.91 Å². The van der Waals surface area contributed by atoms with E-state index in [-0.39, 0.29) is 11.9 Å². The quantitative estimate of drug-likeness (QED) is 0.813. The van der Waals surface area contributed by atoms with E-state index in [4.69, 9.17) is 0 Å². The molecule has 1 rings (SSSR count). The SMILES string of the molecule is CCn1cncc1CNC(CC(C)C)C(=O)N(C)C. The van der Waals surface area contributed by atoms with E-state index in [0.717, 1.165) is 18.7 Å². The molecule has 1 atom stereocenters. The molecule has 1 N–H and O–H groups in total. The molecule has 1 unspecified atom stereocenters.